The molecule has 2 heteroatoms. The van der Waals surface area contributed by atoms with E-state index in [1.165, 1.54) is 50.5 Å². The summed E-state index contributed by atoms with van der Waals surface area (Å²) in [7, 11) is 1.76. The van der Waals surface area contributed by atoms with Gasteiger partial charge in [0.2, 0.25) is 0 Å². The Morgan fingerprint density at radius 2 is 1.80 bits per heavy atom. The Hall–Kier alpha value is -1.05. The first-order valence-corrected chi connectivity index (χ1v) is 12.7. The van der Waals surface area contributed by atoms with Gasteiger partial charge < -0.3 is 4.74 Å². The first-order valence-electron chi connectivity index (χ1n) is 12.7. The molecule has 0 unspecified atom stereocenters. The highest BCUT2D eigenvalue weighted by atomic mass is 16.5. The quantitative estimate of drug-likeness (QED) is 0.456. The number of fused-ring (bicyclic) bond motifs is 5. The summed E-state index contributed by atoms with van der Waals surface area (Å²) in [5, 5.41) is 0. The first-order chi connectivity index (χ1) is 14.2. The molecule has 0 aromatic carbocycles. The molecule has 0 aliphatic heterocycles. The van der Waals surface area contributed by atoms with Crippen molar-refractivity contribution in [3.63, 3.8) is 0 Å². The van der Waals surface area contributed by atoms with Crippen LogP contribution in [0, 0.1) is 46.3 Å². The zero-order valence-corrected chi connectivity index (χ0v) is 20.3. The van der Waals surface area contributed by atoms with Gasteiger partial charge in [-0.15, -0.1) is 0 Å². The number of ether oxygens (including phenoxy) is 1. The second-order valence-corrected chi connectivity index (χ2v) is 12.0. The van der Waals surface area contributed by atoms with Gasteiger partial charge in [-0.1, -0.05) is 53.9 Å². The maximum absolute atomic E-state index is 13.5. The van der Waals surface area contributed by atoms with E-state index < -0.39 is 0 Å². The molecule has 0 saturated heterocycles. The molecule has 0 heterocycles. The van der Waals surface area contributed by atoms with E-state index in [-0.39, 0.29) is 11.3 Å². The Labute approximate surface area is 184 Å². The van der Waals surface area contributed by atoms with Crippen LogP contribution in [-0.2, 0) is 9.53 Å². The fourth-order valence-corrected chi connectivity index (χ4v) is 8.23. The van der Waals surface area contributed by atoms with Crippen LogP contribution in [0.4, 0.5) is 0 Å². The van der Waals surface area contributed by atoms with E-state index in [4.69, 9.17) is 4.74 Å². The Balaban J connectivity index is 1.56. The summed E-state index contributed by atoms with van der Waals surface area (Å²) in [4.78, 5) is 13.5. The Bertz CT molecular complexity index is 731. The summed E-state index contributed by atoms with van der Waals surface area (Å²) < 4.78 is 5.54. The van der Waals surface area contributed by atoms with Crippen LogP contribution in [0.1, 0.15) is 92.4 Å². The molecular weight excluding hydrogens is 368 g/mol. The van der Waals surface area contributed by atoms with Crippen LogP contribution in [0.3, 0.4) is 0 Å². The average molecular weight is 413 g/mol. The zero-order valence-electron chi connectivity index (χ0n) is 20.3. The van der Waals surface area contributed by atoms with Gasteiger partial charge in [0, 0.05) is 12.3 Å². The summed E-state index contributed by atoms with van der Waals surface area (Å²) in [6.07, 6.45) is 15.6. The minimum atomic E-state index is 0.156. The van der Waals surface area contributed by atoms with Gasteiger partial charge in [0.15, 0.2) is 5.78 Å². The van der Waals surface area contributed by atoms with Crippen molar-refractivity contribution >= 4 is 5.78 Å². The number of allylic oxidation sites excluding steroid dienone is 4. The predicted octanol–water partition coefficient (Wildman–Crippen LogP) is 7.35. The van der Waals surface area contributed by atoms with E-state index in [2.05, 4.69) is 40.7 Å². The lowest BCUT2D eigenvalue weighted by molar-refractivity contribution is -0.133. The minimum absolute atomic E-state index is 0.156. The molecule has 0 spiro atoms. The van der Waals surface area contributed by atoms with Gasteiger partial charge in [-0.2, -0.15) is 0 Å². The molecule has 168 valence electrons. The van der Waals surface area contributed by atoms with Crippen LogP contribution in [0.2, 0.25) is 0 Å². The third-order valence-corrected chi connectivity index (χ3v) is 10.0. The summed E-state index contributed by atoms with van der Waals surface area (Å²) >= 11 is 0. The number of ketones is 1. The monoisotopic (exact) mass is 412 g/mol. The minimum Gasteiger partial charge on any atom is -0.501 e. The summed E-state index contributed by atoms with van der Waals surface area (Å²) in [5.41, 5.74) is 1.76. The van der Waals surface area contributed by atoms with Gasteiger partial charge in [-0.05, 0) is 90.2 Å². The molecule has 0 N–H and O–H groups in total. The summed E-state index contributed by atoms with van der Waals surface area (Å²) in [5.74, 6) is 5.22. The molecule has 4 rings (SSSR count). The van der Waals surface area contributed by atoms with E-state index in [1.54, 1.807) is 7.11 Å². The standard InChI is InChI=1S/C28H44O2/c1-18(2)8-7-9-19(3)22-10-11-23-26-24(13-15-28(22,23)5)27(4)14-12-21(30-6)16-20(27)17-25(26)29/h16-19,22-24,26H,7-15H2,1-6H3/t19-,22-,23-,24-,26-,27+,28+/m1/s1. The van der Waals surface area contributed by atoms with Gasteiger partial charge in [0.1, 0.15) is 0 Å². The Kier molecular flexibility index (Phi) is 6.01. The van der Waals surface area contributed by atoms with Crippen molar-refractivity contribution in [2.45, 2.75) is 92.4 Å². The number of hydrogen-bond donors (Lipinski definition) is 0. The third kappa shape index (κ3) is 3.51. The predicted molar refractivity (Wildman–Crippen MR) is 124 cm³/mol. The van der Waals surface area contributed by atoms with Crippen molar-refractivity contribution in [3.8, 4) is 0 Å². The molecule has 7 atom stereocenters. The summed E-state index contributed by atoms with van der Waals surface area (Å²) in [6, 6.07) is 0. The lowest BCUT2D eigenvalue weighted by Crippen LogP contribution is -2.52. The van der Waals surface area contributed by atoms with Crippen LogP contribution in [0.15, 0.2) is 23.5 Å². The fourth-order valence-electron chi connectivity index (χ4n) is 8.23. The molecular formula is C28H44O2. The third-order valence-electron chi connectivity index (χ3n) is 10.0. The lowest BCUT2D eigenvalue weighted by Gasteiger charge is -2.56. The zero-order chi connectivity index (χ0) is 21.7. The van der Waals surface area contributed by atoms with Gasteiger partial charge in [0.05, 0.1) is 12.9 Å². The normalized spacial score (nSPS) is 41.5. The van der Waals surface area contributed by atoms with Crippen LogP contribution >= 0.6 is 0 Å². The lowest BCUT2D eigenvalue weighted by atomic mass is 9.47. The highest BCUT2D eigenvalue weighted by molar-refractivity contribution is 5.95. The molecule has 30 heavy (non-hydrogen) atoms. The Morgan fingerprint density at radius 1 is 1.03 bits per heavy atom. The van der Waals surface area contributed by atoms with Crippen molar-refractivity contribution in [2.75, 3.05) is 7.11 Å². The highest BCUT2D eigenvalue weighted by Crippen LogP contribution is 2.66. The largest absolute Gasteiger partial charge is 0.501 e. The van der Waals surface area contributed by atoms with Gasteiger partial charge in [-0.3, -0.25) is 4.79 Å². The number of hydrogen-bond acceptors (Lipinski definition) is 2. The summed E-state index contributed by atoms with van der Waals surface area (Å²) in [6.45, 7) is 12.2. The second kappa shape index (κ2) is 8.14. The maximum atomic E-state index is 13.5. The number of rotatable bonds is 6. The van der Waals surface area contributed by atoms with Gasteiger partial charge in [-0.25, -0.2) is 0 Å². The van der Waals surface area contributed by atoms with E-state index in [0.29, 0.717) is 23.0 Å². The van der Waals surface area contributed by atoms with Crippen molar-refractivity contribution < 1.29 is 9.53 Å². The van der Waals surface area contributed by atoms with E-state index in [1.807, 2.05) is 6.08 Å². The van der Waals surface area contributed by atoms with Gasteiger partial charge in [0.25, 0.3) is 0 Å². The van der Waals surface area contributed by atoms with Crippen molar-refractivity contribution in [1.29, 1.82) is 0 Å². The number of carbonyl (C=O) groups is 1. The second-order valence-electron chi connectivity index (χ2n) is 12.0. The van der Waals surface area contributed by atoms with Crippen molar-refractivity contribution in [3.05, 3.63) is 23.5 Å². The smallest absolute Gasteiger partial charge is 0.159 e. The topological polar surface area (TPSA) is 26.3 Å². The van der Waals surface area contributed by atoms with E-state index in [0.717, 1.165) is 36.4 Å². The average Bonchev–Trinajstić information content (AvgIpc) is 3.05. The molecule has 4 aliphatic rings. The Morgan fingerprint density at radius 3 is 2.50 bits per heavy atom. The van der Waals surface area contributed by atoms with E-state index in [9.17, 15) is 4.79 Å². The molecule has 4 aliphatic carbocycles. The highest BCUT2D eigenvalue weighted by Gasteiger charge is 2.60. The molecule has 0 bridgehead atoms. The van der Waals surface area contributed by atoms with E-state index >= 15 is 0 Å². The SMILES string of the molecule is COC1=CC2=CC(=O)[C@@H]3[C@H]4CC[C@H]([C@H](C)CCCC(C)C)[C@]4(C)CC[C@H]3[C@@]2(C)CC1. The molecule has 0 amide bonds. The number of methoxy groups -OCH3 is 1. The molecule has 0 radical (unpaired) electrons. The van der Waals surface area contributed by atoms with Crippen LogP contribution in [0.5, 0.6) is 0 Å². The fraction of sp³-hybridized carbons (Fsp3) is 0.821. The van der Waals surface area contributed by atoms with Crippen LogP contribution < -0.4 is 0 Å². The van der Waals surface area contributed by atoms with Crippen molar-refractivity contribution in [1.82, 2.24) is 0 Å². The number of carbonyl (C=O) groups excluding carboxylic acids is 1. The molecule has 2 saturated carbocycles. The first kappa shape index (κ1) is 22.2. The van der Waals surface area contributed by atoms with Crippen molar-refractivity contribution in [2.24, 2.45) is 46.3 Å². The van der Waals surface area contributed by atoms with Gasteiger partial charge >= 0.3 is 0 Å². The maximum Gasteiger partial charge on any atom is 0.159 e. The molecule has 2 nitrogen and oxygen atoms in total. The molecule has 0 aromatic heterocycles. The van der Waals surface area contributed by atoms with Crippen LogP contribution in [0.25, 0.3) is 0 Å². The van der Waals surface area contributed by atoms with Crippen LogP contribution in [-0.4, -0.2) is 12.9 Å². The molecule has 0 aromatic rings. The molecule has 2 fully saturated rings.